The average Bonchev–Trinajstić information content (AvgIpc) is 3.18. The Labute approximate surface area is 168 Å². The van der Waals surface area contributed by atoms with Gasteiger partial charge in [0, 0.05) is 22.0 Å². The Hall–Kier alpha value is -2.08. The summed E-state index contributed by atoms with van der Waals surface area (Å²) in [7, 11) is 0. The zero-order valence-corrected chi connectivity index (χ0v) is 16.9. The smallest absolute Gasteiger partial charge is 0.238 e. The lowest BCUT2D eigenvalue weighted by Crippen LogP contribution is -2.40. The summed E-state index contributed by atoms with van der Waals surface area (Å²) in [4.78, 5) is 17.6. The third kappa shape index (κ3) is 4.10. The second kappa shape index (κ2) is 8.30. The first-order valence-corrected chi connectivity index (χ1v) is 11.1. The number of fused-ring (bicyclic) bond motifs is 1. The van der Waals surface area contributed by atoms with Crippen molar-refractivity contribution in [2.24, 2.45) is 0 Å². The van der Waals surface area contributed by atoms with E-state index in [-0.39, 0.29) is 11.9 Å². The molecule has 1 unspecified atom stereocenters. The molecule has 1 amide bonds. The second-order valence-corrected chi connectivity index (χ2v) is 8.49. The molecule has 1 aliphatic heterocycles. The van der Waals surface area contributed by atoms with Crippen LogP contribution < -0.4 is 5.32 Å². The molecule has 1 atom stereocenters. The maximum Gasteiger partial charge on any atom is 0.238 e. The Balaban J connectivity index is 1.52. The van der Waals surface area contributed by atoms with Gasteiger partial charge in [-0.25, -0.2) is 0 Å². The molecule has 5 heteroatoms. The van der Waals surface area contributed by atoms with Crippen molar-refractivity contribution in [1.29, 1.82) is 0 Å². The number of hydrogen-bond acceptors (Lipinski definition) is 4. The fourth-order valence-corrected chi connectivity index (χ4v) is 4.94. The van der Waals surface area contributed by atoms with E-state index < -0.39 is 0 Å². The molecule has 138 valence electrons. The van der Waals surface area contributed by atoms with Gasteiger partial charge in [0.05, 0.1) is 12.6 Å². The summed E-state index contributed by atoms with van der Waals surface area (Å²) < 4.78 is 0. The summed E-state index contributed by atoms with van der Waals surface area (Å²) in [6.07, 6.45) is 3.05. The van der Waals surface area contributed by atoms with Gasteiger partial charge in [0.2, 0.25) is 5.91 Å². The predicted molar refractivity (Wildman–Crippen MR) is 115 cm³/mol. The van der Waals surface area contributed by atoms with Crippen LogP contribution in [0, 0.1) is 0 Å². The van der Waals surface area contributed by atoms with Gasteiger partial charge in [0.1, 0.15) is 0 Å². The Kier molecular flexibility index (Phi) is 5.62. The number of carbonyl (C=O) groups excluding carboxylic acids is 1. The minimum absolute atomic E-state index is 0.0338. The molecule has 3 aromatic rings. The minimum atomic E-state index is 0.0338. The summed E-state index contributed by atoms with van der Waals surface area (Å²) >= 11 is 3.52. The van der Waals surface area contributed by atoms with Crippen LogP contribution in [0.5, 0.6) is 0 Å². The van der Waals surface area contributed by atoms with E-state index in [0.29, 0.717) is 6.54 Å². The Morgan fingerprint density at radius 3 is 2.67 bits per heavy atom. The van der Waals surface area contributed by atoms with Crippen LogP contribution in [0.1, 0.15) is 22.0 Å². The molecule has 3 nitrogen and oxygen atoms in total. The van der Waals surface area contributed by atoms with Crippen molar-refractivity contribution < 1.29 is 4.79 Å². The molecule has 2 aromatic carbocycles. The fraction of sp³-hybridized carbons (Fsp3) is 0.227. The predicted octanol–water partition coefficient (Wildman–Crippen LogP) is 5.06. The molecule has 0 saturated carbocycles. The minimum Gasteiger partial charge on any atom is -0.325 e. The molecule has 4 rings (SSSR count). The van der Waals surface area contributed by atoms with Gasteiger partial charge in [-0.2, -0.15) is 0 Å². The number of anilines is 1. The lowest BCUT2D eigenvalue weighted by Gasteiger charge is -2.35. The molecule has 1 aliphatic rings. The second-order valence-electron chi connectivity index (χ2n) is 6.61. The van der Waals surface area contributed by atoms with Crippen LogP contribution in [-0.2, 0) is 11.2 Å². The number of thioether (sulfide) groups is 1. The van der Waals surface area contributed by atoms with Crippen LogP contribution >= 0.6 is 23.1 Å². The van der Waals surface area contributed by atoms with E-state index in [4.69, 9.17) is 0 Å². The van der Waals surface area contributed by atoms with Gasteiger partial charge in [-0.1, -0.05) is 30.3 Å². The van der Waals surface area contributed by atoms with Gasteiger partial charge in [-0.15, -0.1) is 23.1 Å². The monoisotopic (exact) mass is 394 g/mol. The van der Waals surface area contributed by atoms with Crippen LogP contribution in [0.4, 0.5) is 5.69 Å². The SMILES string of the molecule is CSc1ccc(NC(=O)CN2CCc3sccc3C2c2ccccc2)cc1. The highest BCUT2D eigenvalue weighted by Crippen LogP contribution is 2.37. The van der Waals surface area contributed by atoms with Crippen LogP contribution in [0.3, 0.4) is 0 Å². The number of amides is 1. The van der Waals surface area contributed by atoms with E-state index in [2.05, 4.69) is 45.9 Å². The Morgan fingerprint density at radius 1 is 1.15 bits per heavy atom. The summed E-state index contributed by atoms with van der Waals surface area (Å²) in [5, 5.41) is 5.21. The van der Waals surface area contributed by atoms with E-state index in [1.807, 2.05) is 47.9 Å². The Bertz CT molecular complexity index is 906. The molecule has 0 radical (unpaired) electrons. The maximum atomic E-state index is 12.7. The molecule has 2 heterocycles. The quantitative estimate of drug-likeness (QED) is 0.614. The molecular formula is C22H22N2OS2. The Morgan fingerprint density at radius 2 is 1.93 bits per heavy atom. The largest absolute Gasteiger partial charge is 0.325 e. The molecule has 0 saturated heterocycles. The van der Waals surface area contributed by atoms with Gasteiger partial charge in [0.25, 0.3) is 0 Å². The highest BCUT2D eigenvalue weighted by Gasteiger charge is 2.30. The first-order chi connectivity index (χ1) is 13.2. The summed E-state index contributed by atoms with van der Waals surface area (Å²) in [5.41, 5.74) is 3.44. The summed E-state index contributed by atoms with van der Waals surface area (Å²) in [6, 6.07) is 20.8. The van der Waals surface area contributed by atoms with Crippen LogP contribution in [-0.4, -0.2) is 30.2 Å². The van der Waals surface area contributed by atoms with Crippen molar-refractivity contribution in [3.05, 3.63) is 82.0 Å². The average molecular weight is 395 g/mol. The van der Waals surface area contributed by atoms with Gasteiger partial charge >= 0.3 is 0 Å². The van der Waals surface area contributed by atoms with Crippen LogP contribution in [0.25, 0.3) is 0 Å². The van der Waals surface area contributed by atoms with Gasteiger partial charge in [-0.3, -0.25) is 9.69 Å². The molecule has 1 aromatic heterocycles. The number of hydrogen-bond donors (Lipinski definition) is 1. The van der Waals surface area contributed by atoms with E-state index >= 15 is 0 Å². The lowest BCUT2D eigenvalue weighted by molar-refractivity contribution is -0.117. The number of thiophene rings is 1. The normalized spacial score (nSPS) is 16.7. The molecule has 0 bridgehead atoms. The number of benzene rings is 2. The van der Waals surface area contributed by atoms with Crippen LogP contribution in [0.2, 0.25) is 0 Å². The first-order valence-electron chi connectivity index (χ1n) is 9.04. The standard InChI is InChI=1S/C22H22N2OS2/c1-26-18-9-7-17(8-10-18)23-21(25)15-24-13-11-20-19(12-14-27-20)22(24)16-5-3-2-4-6-16/h2-10,12,14,22H,11,13,15H2,1H3,(H,23,25). The highest BCUT2D eigenvalue weighted by atomic mass is 32.2. The van der Waals surface area contributed by atoms with Crippen molar-refractivity contribution in [2.75, 3.05) is 24.7 Å². The molecule has 0 spiro atoms. The van der Waals surface area contributed by atoms with Gasteiger partial charge in [0.15, 0.2) is 0 Å². The molecule has 27 heavy (non-hydrogen) atoms. The van der Waals surface area contributed by atoms with Crippen molar-refractivity contribution >= 4 is 34.7 Å². The zero-order valence-electron chi connectivity index (χ0n) is 15.2. The molecular weight excluding hydrogens is 372 g/mol. The van der Waals surface area contributed by atoms with Crippen molar-refractivity contribution in [2.45, 2.75) is 17.4 Å². The third-order valence-corrected chi connectivity index (χ3v) is 6.64. The first kappa shape index (κ1) is 18.3. The van der Waals surface area contributed by atoms with E-state index in [1.54, 1.807) is 11.8 Å². The van der Waals surface area contributed by atoms with Crippen molar-refractivity contribution in [3.63, 3.8) is 0 Å². The van der Waals surface area contributed by atoms with E-state index in [9.17, 15) is 4.79 Å². The summed E-state index contributed by atoms with van der Waals surface area (Å²) in [5.74, 6) is 0.0338. The van der Waals surface area contributed by atoms with Gasteiger partial charge in [-0.05, 0) is 59.5 Å². The van der Waals surface area contributed by atoms with Crippen molar-refractivity contribution in [1.82, 2.24) is 4.90 Å². The number of nitrogens with one attached hydrogen (secondary N) is 1. The van der Waals surface area contributed by atoms with E-state index in [1.165, 1.54) is 20.9 Å². The molecule has 0 aliphatic carbocycles. The summed E-state index contributed by atoms with van der Waals surface area (Å²) in [6.45, 7) is 1.28. The fourth-order valence-electron chi connectivity index (χ4n) is 3.62. The lowest BCUT2D eigenvalue weighted by atomic mass is 9.93. The molecule has 0 fully saturated rings. The highest BCUT2D eigenvalue weighted by molar-refractivity contribution is 7.98. The number of nitrogens with zero attached hydrogens (tertiary/aromatic N) is 1. The topological polar surface area (TPSA) is 32.3 Å². The maximum absolute atomic E-state index is 12.7. The van der Waals surface area contributed by atoms with E-state index in [0.717, 1.165) is 18.7 Å². The van der Waals surface area contributed by atoms with Crippen molar-refractivity contribution in [3.8, 4) is 0 Å². The third-order valence-electron chi connectivity index (χ3n) is 4.90. The van der Waals surface area contributed by atoms with Gasteiger partial charge < -0.3 is 5.32 Å². The number of carbonyl (C=O) groups is 1. The zero-order chi connectivity index (χ0) is 18.6. The van der Waals surface area contributed by atoms with Crippen LogP contribution in [0.15, 0.2) is 70.9 Å². The molecule has 1 N–H and O–H groups in total. The number of rotatable bonds is 5.